The Morgan fingerprint density at radius 3 is 1.52 bits per heavy atom. The number of nitrogens with zero attached hydrogens (tertiary/aromatic N) is 1. The third-order valence-electron chi connectivity index (χ3n) is 5.83. The molecule has 0 aliphatic rings. The summed E-state index contributed by atoms with van der Waals surface area (Å²) < 4.78 is -0.137. The van der Waals surface area contributed by atoms with Gasteiger partial charge in [0.05, 0.1) is 20.6 Å². The van der Waals surface area contributed by atoms with E-state index in [0.29, 0.717) is 0 Å². The highest BCUT2D eigenvalue weighted by Gasteiger charge is 2.12. The molecule has 3 unspecified atom stereocenters. The van der Waals surface area contributed by atoms with Crippen molar-refractivity contribution in [1.29, 1.82) is 0 Å². The summed E-state index contributed by atoms with van der Waals surface area (Å²) in [6, 6.07) is 0. The summed E-state index contributed by atoms with van der Waals surface area (Å²) >= 11 is 0. The lowest BCUT2D eigenvalue weighted by Crippen LogP contribution is -2.34. The fourth-order valence-electron chi connectivity index (χ4n) is 3.78. The van der Waals surface area contributed by atoms with E-state index in [1.165, 1.54) is 64.2 Å². The van der Waals surface area contributed by atoms with Crippen molar-refractivity contribution in [2.24, 2.45) is 23.7 Å². The first-order chi connectivity index (χ1) is 11.6. The highest BCUT2D eigenvalue weighted by Crippen LogP contribution is 2.24. The maximum Gasteiger partial charge on any atom is 0.0782 e. The summed E-state index contributed by atoms with van der Waals surface area (Å²) in [7, 11) is 3.53. The molecule has 0 aromatic heterocycles. The van der Waals surface area contributed by atoms with Gasteiger partial charge in [0.25, 0.3) is 0 Å². The van der Waals surface area contributed by atoms with Gasteiger partial charge in [-0.1, -0.05) is 98.8 Å². The van der Waals surface area contributed by atoms with Crippen LogP contribution in [0.4, 0.5) is 0 Å². The monoisotopic (exact) mass is 355 g/mol. The zero-order chi connectivity index (χ0) is 19.3. The van der Waals surface area contributed by atoms with E-state index >= 15 is 0 Å². The first kappa shape index (κ1) is 24.9. The quantitative estimate of drug-likeness (QED) is 0.209. The lowest BCUT2D eigenvalue weighted by atomic mass is 9.89. The van der Waals surface area contributed by atoms with Crippen LogP contribution in [0.25, 0.3) is 0 Å². The molecule has 0 fully saturated rings. The van der Waals surface area contributed by atoms with E-state index in [1.54, 1.807) is 14.1 Å². The minimum Gasteiger partial charge on any atom is -0.633 e. The average molecular weight is 356 g/mol. The molecule has 25 heavy (non-hydrogen) atoms. The normalized spacial score (nSPS) is 16.2. The van der Waals surface area contributed by atoms with Gasteiger partial charge in [-0.2, -0.15) is 0 Å². The second kappa shape index (κ2) is 14.0. The van der Waals surface area contributed by atoms with E-state index in [9.17, 15) is 5.21 Å². The molecule has 3 atom stereocenters. The molecule has 2 nitrogen and oxygen atoms in total. The van der Waals surface area contributed by atoms with Gasteiger partial charge in [-0.25, -0.2) is 0 Å². The molecule has 0 spiro atoms. The largest absolute Gasteiger partial charge is 0.633 e. The number of quaternary nitrogens is 1. The zero-order valence-electron chi connectivity index (χ0n) is 18.7. The van der Waals surface area contributed by atoms with Crippen LogP contribution in [0.3, 0.4) is 0 Å². The first-order valence-corrected chi connectivity index (χ1v) is 11.2. The topological polar surface area (TPSA) is 23.1 Å². The van der Waals surface area contributed by atoms with Crippen molar-refractivity contribution in [2.75, 3.05) is 20.6 Å². The summed E-state index contributed by atoms with van der Waals surface area (Å²) in [6.07, 6.45) is 14.8. The zero-order valence-corrected chi connectivity index (χ0v) is 18.7. The standard InChI is InChI=1S/C23H49NO/c1-8-23(18-19-24(6,7)25)17-11-16-22(5)15-10-14-21(4)13-9-12-20(2)3/h20-23H,8-19H2,1-7H3. The van der Waals surface area contributed by atoms with Crippen LogP contribution in [0.2, 0.25) is 0 Å². The molecule has 0 saturated heterocycles. The molecule has 0 aliphatic heterocycles. The Labute approximate surface area is 159 Å². The van der Waals surface area contributed by atoms with E-state index < -0.39 is 0 Å². The molecule has 0 radical (unpaired) electrons. The van der Waals surface area contributed by atoms with E-state index in [4.69, 9.17) is 0 Å². The van der Waals surface area contributed by atoms with Crippen molar-refractivity contribution in [2.45, 2.75) is 105 Å². The van der Waals surface area contributed by atoms with E-state index in [1.807, 2.05) is 0 Å². The van der Waals surface area contributed by atoms with Gasteiger partial charge >= 0.3 is 0 Å². The van der Waals surface area contributed by atoms with Gasteiger partial charge in [0.1, 0.15) is 0 Å². The summed E-state index contributed by atoms with van der Waals surface area (Å²) in [4.78, 5) is 0. The van der Waals surface area contributed by atoms with Crippen molar-refractivity contribution >= 4 is 0 Å². The summed E-state index contributed by atoms with van der Waals surface area (Å²) in [5.41, 5.74) is 0. The number of hydrogen-bond acceptors (Lipinski definition) is 1. The molecule has 2 heteroatoms. The molecule has 0 aromatic carbocycles. The summed E-state index contributed by atoms with van der Waals surface area (Å²) in [5, 5.41) is 11.7. The Hall–Kier alpha value is -0.0800. The third kappa shape index (κ3) is 17.1. The van der Waals surface area contributed by atoms with Crippen LogP contribution in [0.15, 0.2) is 0 Å². The van der Waals surface area contributed by atoms with Gasteiger partial charge in [-0.3, -0.25) is 0 Å². The summed E-state index contributed by atoms with van der Waals surface area (Å²) in [6.45, 7) is 12.6. The maximum atomic E-state index is 11.7. The third-order valence-corrected chi connectivity index (χ3v) is 5.83. The smallest absolute Gasteiger partial charge is 0.0782 e. The lowest BCUT2D eigenvalue weighted by molar-refractivity contribution is -0.840. The van der Waals surface area contributed by atoms with Crippen LogP contribution in [-0.2, 0) is 0 Å². The van der Waals surface area contributed by atoms with Crippen molar-refractivity contribution < 1.29 is 4.65 Å². The average Bonchev–Trinajstić information content (AvgIpc) is 2.49. The highest BCUT2D eigenvalue weighted by atomic mass is 16.5. The van der Waals surface area contributed by atoms with Gasteiger partial charge in [0.2, 0.25) is 0 Å². The van der Waals surface area contributed by atoms with Crippen LogP contribution in [0, 0.1) is 28.9 Å². The predicted molar refractivity (Wildman–Crippen MR) is 113 cm³/mol. The van der Waals surface area contributed by atoms with Crippen molar-refractivity contribution in [1.82, 2.24) is 0 Å². The van der Waals surface area contributed by atoms with Crippen LogP contribution in [-0.4, -0.2) is 25.3 Å². The SMILES string of the molecule is CCC(CCCC(C)CCCC(C)CCCC(C)C)CC[N+](C)(C)[O-]. The molecule has 0 aromatic rings. The fourth-order valence-corrected chi connectivity index (χ4v) is 3.78. The van der Waals surface area contributed by atoms with E-state index in [-0.39, 0.29) is 4.65 Å². The molecule has 0 rings (SSSR count). The van der Waals surface area contributed by atoms with Crippen LogP contribution >= 0.6 is 0 Å². The molecular weight excluding hydrogens is 306 g/mol. The Morgan fingerprint density at radius 2 is 1.12 bits per heavy atom. The number of rotatable bonds is 16. The van der Waals surface area contributed by atoms with Gasteiger partial charge in [0, 0.05) is 0 Å². The van der Waals surface area contributed by atoms with Crippen LogP contribution in [0.1, 0.15) is 105 Å². The van der Waals surface area contributed by atoms with Crippen molar-refractivity contribution in [3.8, 4) is 0 Å². The molecule has 0 aliphatic carbocycles. The summed E-state index contributed by atoms with van der Waals surface area (Å²) in [5.74, 6) is 3.38. The second-order valence-electron chi connectivity index (χ2n) is 9.76. The Bertz CT molecular complexity index is 295. The van der Waals surface area contributed by atoms with Crippen molar-refractivity contribution in [3.63, 3.8) is 0 Å². The maximum absolute atomic E-state index is 11.7. The van der Waals surface area contributed by atoms with Crippen LogP contribution < -0.4 is 0 Å². The van der Waals surface area contributed by atoms with Crippen molar-refractivity contribution in [3.05, 3.63) is 5.21 Å². The second-order valence-corrected chi connectivity index (χ2v) is 9.76. The molecule has 0 amide bonds. The molecule has 0 saturated carbocycles. The Morgan fingerprint density at radius 1 is 0.680 bits per heavy atom. The van der Waals surface area contributed by atoms with Gasteiger partial charge < -0.3 is 9.85 Å². The molecular formula is C23H49NO. The van der Waals surface area contributed by atoms with E-state index in [0.717, 1.165) is 36.6 Å². The fraction of sp³-hybridized carbons (Fsp3) is 1.00. The van der Waals surface area contributed by atoms with Gasteiger partial charge in [0.15, 0.2) is 0 Å². The molecule has 0 N–H and O–H groups in total. The van der Waals surface area contributed by atoms with Crippen LogP contribution in [0.5, 0.6) is 0 Å². The van der Waals surface area contributed by atoms with Gasteiger partial charge in [-0.05, 0) is 30.1 Å². The predicted octanol–water partition coefficient (Wildman–Crippen LogP) is 7.42. The lowest BCUT2D eigenvalue weighted by Gasteiger charge is -2.35. The molecule has 0 heterocycles. The Kier molecular flexibility index (Phi) is 14.0. The highest BCUT2D eigenvalue weighted by molar-refractivity contribution is 4.62. The number of hydroxylamine groups is 3. The van der Waals surface area contributed by atoms with E-state index in [2.05, 4.69) is 34.6 Å². The minimum atomic E-state index is -0.137. The molecule has 0 bridgehead atoms. The Balaban J connectivity index is 3.69. The number of hydrogen-bond donors (Lipinski definition) is 0. The van der Waals surface area contributed by atoms with Gasteiger partial charge in [-0.15, -0.1) is 0 Å². The molecule has 152 valence electrons. The minimum absolute atomic E-state index is 0.137. The first-order valence-electron chi connectivity index (χ1n) is 11.2.